The van der Waals surface area contributed by atoms with E-state index >= 15 is 0 Å². The molecule has 0 aliphatic carbocycles. The van der Waals surface area contributed by atoms with E-state index < -0.39 is 51.9 Å². The number of amides is 2. The summed E-state index contributed by atoms with van der Waals surface area (Å²) in [5, 5.41) is 2.42. The third-order valence-electron chi connectivity index (χ3n) is 6.34. The molecule has 0 saturated carbocycles. The van der Waals surface area contributed by atoms with Crippen molar-refractivity contribution < 1.29 is 31.2 Å². The van der Waals surface area contributed by atoms with Crippen LogP contribution in [0.25, 0.3) is 0 Å². The number of alkyl halides is 3. The Morgan fingerprint density at radius 1 is 1.00 bits per heavy atom. The van der Waals surface area contributed by atoms with Crippen molar-refractivity contribution in [1.29, 1.82) is 0 Å². The van der Waals surface area contributed by atoms with Crippen LogP contribution in [0.4, 0.5) is 18.9 Å². The average molecular weight is 610 g/mol. The number of sulfonamides is 1. The second-order valence-electron chi connectivity index (χ2n) is 9.46. The predicted octanol–water partition coefficient (Wildman–Crippen LogP) is 5.81. The standard InChI is InChI=1S/C29H31ClF3N3O4S/c1-4-16-34-28(38)21(3)35(18-22-12-10-20(2)11-13-22)27(37)19-36(41(39,40)24-8-6-5-7-9-24)26-17-23(29(31,32)33)14-15-25(26)30/h5-15,17,21H,4,16,18-19H2,1-3H3,(H,34,38)/t21-/m1/s1. The maximum atomic E-state index is 13.9. The molecule has 2 amide bonds. The van der Waals surface area contributed by atoms with Gasteiger partial charge < -0.3 is 10.2 Å². The van der Waals surface area contributed by atoms with E-state index in [1.807, 2.05) is 26.0 Å². The quantitative estimate of drug-likeness (QED) is 0.297. The zero-order valence-corrected chi connectivity index (χ0v) is 24.4. The second kappa shape index (κ2) is 13.4. The Kier molecular flexibility index (Phi) is 10.4. The van der Waals surface area contributed by atoms with Gasteiger partial charge >= 0.3 is 6.18 Å². The third-order valence-corrected chi connectivity index (χ3v) is 8.44. The molecule has 0 fully saturated rings. The van der Waals surface area contributed by atoms with Crippen LogP contribution >= 0.6 is 11.6 Å². The van der Waals surface area contributed by atoms with E-state index in [-0.39, 0.29) is 16.5 Å². The lowest BCUT2D eigenvalue weighted by Gasteiger charge is -2.32. The van der Waals surface area contributed by atoms with Gasteiger partial charge in [0.25, 0.3) is 10.0 Å². The number of carbonyl (C=O) groups is 2. The van der Waals surface area contributed by atoms with Crippen LogP contribution in [0.15, 0.2) is 77.7 Å². The highest BCUT2D eigenvalue weighted by Crippen LogP contribution is 2.37. The van der Waals surface area contributed by atoms with Gasteiger partial charge in [-0.05, 0) is 56.2 Å². The minimum absolute atomic E-state index is 0.0463. The van der Waals surface area contributed by atoms with Crippen molar-refractivity contribution in [3.63, 3.8) is 0 Å². The van der Waals surface area contributed by atoms with Crippen molar-refractivity contribution in [3.05, 3.63) is 94.5 Å². The topological polar surface area (TPSA) is 86.8 Å². The van der Waals surface area contributed by atoms with Crippen LogP contribution in [0.3, 0.4) is 0 Å². The fourth-order valence-corrected chi connectivity index (χ4v) is 5.70. The third kappa shape index (κ3) is 8.01. The van der Waals surface area contributed by atoms with Crippen LogP contribution in [0.2, 0.25) is 5.02 Å². The highest BCUT2D eigenvalue weighted by atomic mass is 35.5. The summed E-state index contributed by atoms with van der Waals surface area (Å²) < 4.78 is 68.9. The van der Waals surface area contributed by atoms with Gasteiger partial charge in [0, 0.05) is 13.1 Å². The van der Waals surface area contributed by atoms with Gasteiger partial charge in [-0.3, -0.25) is 13.9 Å². The van der Waals surface area contributed by atoms with Crippen LogP contribution in [-0.4, -0.2) is 44.3 Å². The fraction of sp³-hybridized carbons (Fsp3) is 0.310. The Balaban J connectivity index is 2.11. The maximum Gasteiger partial charge on any atom is 0.416 e. The van der Waals surface area contributed by atoms with Gasteiger partial charge in [-0.2, -0.15) is 13.2 Å². The Morgan fingerprint density at radius 3 is 2.22 bits per heavy atom. The number of aryl methyl sites for hydroxylation is 1. The summed E-state index contributed by atoms with van der Waals surface area (Å²) in [6.07, 6.45) is -4.14. The molecule has 7 nitrogen and oxygen atoms in total. The van der Waals surface area contributed by atoms with Gasteiger partial charge in [-0.15, -0.1) is 0 Å². The SMILES string of the molecule is CCCNC(=O)[C@@H](C)N(Cc1ccc(C)cc1)C(=O)CN(c1cc(C(F)(F)F)ccc1Cl)S(=O)(=O)c1ccccc1. The first-order valence-electron chi connectivity index (χ1n) is 12.8. The largest absolute Gasteiger partial charge is 0.416 e. The number of rotatable bonds is 11. The number of anilines is 1. The summed E-state index contributed by atoms with van der Waals surface area (Å²) in [4.78, 5) is 27.7. The molecule has 0 aliphatic heterocycles. The number of hydrogen-bond donors (Lipinski definition) is 1. The molecule has 0 aliphatic rings. The molecule has 1 N–H and O–H groups in total. The van der Waals surface area contributed by atoms with Crippen molar-refractivity contribution in [2.24, 2.45) is 0 Å². The first-order chi connectivity index (χ1) is 19.3. The van der Waals surface area contributed by atoms with E-state index in [9.17, 15) is 31.2 Å². The number of carbonyl (C=O) groups excluding carboxylic acids is 2. The van der Waals surface area contributed by atoms with Crippen molar-refractivity contribution in [2.45, 2.75) is 50.9 Å². The molecular weight excluding hydrogens is 579 g/mol. The van der Waals surface area contributed by atoms with E-state index in [0.29, 0.717) is 28.9 Å². The zero-order valence-electron chi connectivity index (χ0n) is 22.8. The van der Waals surface area contributed by atoms with Gasteiger partial charge in [0.2, 0.25) is 11.8 Å². The molecule has 0 spiro atoms. The zero-order chi connectivity index (χ0) is 30.4. The van der Waals surface area contributed by atoms with Gasteiger partial charge in [-0.1, -0.05) is 66.6 Å². The van der Waals surface area contributed by atoms with Crippen LogP contribution in [-0.2, 0) is 32.3 Å². The molecule has 41 heavy (non-hydrogen) atoms. The van der Waals surface area contributed by atoms with Crippen LogP contribution < -0.4 is 9.62 Å². The Morgan fingerprint density at radius 2 is 1.63 bits per heavy atom. The molecular formula is C29H31ClF3N3O4S. The first-order valence-corrected chi connectivity index (χ1v) is 14.6. The molecule has 12 heteroatoms. The molecule has 3 rings (SSSR count). The number of benzene rings is 3. The van der Waals surface area contributed by atoms with Gasteiger partial charge in [-0.25, -0.2) is 8.42 Å². The number of halogens is 4. The summed E-state index contributed by atoms with van der Waals surface area (Å²) in [6, 6.07) is 15.4. The molecule has 0 unspecified atom stereocenters. The van der Waals surface area contributed by atoms with Gasteiger partial charge in [0.15, 0.2) is 0 Å². The van der Waals surface area contributed by atoms with Crippen LogP contribution in [0.5, 0.6) is 0 Å². The molecule has 3 aromatic carbocycles. The lowest BCUT2D eigenvalue weighted by atomic mass is 10.1. The smallest absolute Gasteiger partial charge is 0.354 e. The molecule has 0 radical (unpaired) electrons. The molecule has 0 bridgehead atoms. The van der Waals surface area contributed by atoms with E-state index in [4.69, 9.17) is 11.6 Å². The Bertz CT molecular complexity index is 1470. The first kappa shape index (κ1) is 32.0. The Labute approximate surface area is 243 Å². The van der Waals surface area contributed by atoms with Crippen molar-refractivity contribution in [1.82, 2.24) is 10.2 Å². The van der Waals surface area contributed by atoms with E-state index in [0.717, 1.165) is 17.7 Å². The summed E-state index contributed by atoms with van der Waals surface area (Å²) in [7, 11) is -4.57. The fourth-order valence-electron chi connectivity index (χ4n) is 3.98. The molecule has 1 atom stereocenters. The number of hydrogen-bond acceptors (Lipinski definition) is 4. The molecule has 0 heterocycles. The van der Waals surface area contributed by atoms with Crippen molar-refractivity contribution in [2.75, 3.05) is 17.4 Å². The van der Waals surface area contributed by atoms with Gasteiger partial charge in [0.05, 0.1) is 21.2 Å². The normalized spacial score (nSPS) is 12.5. The van der Waals surface area contributed by atoms with Crippen molar-refractivity contribution >= 4 is 39.1 Å². The van der Waals surface area contributed by atoms with Crippen LogP contribution in [0.1, 0.15) is 37.0 Å². The average Bonchev–Trinajstić information content (AvgIpc) is 2.94. The summed E-state index contributed by atoms with van der Waals surface area (Å²) >= 11 is 6.25. The van der Waals surface area contributed by atoms with Crippen LogP contribution in [0, 0.1) is 6.92 Å². The van der Waals surface area contributed by atoms with E-state index in [1.54, 1.807) is 18.2 Å². The minimum atomic E-state index is -4.80. The Hall–Kier alpha value is -3.57. The molecule has 0 saturated heterocycles. The summed E-state index contributed by atoms with van der Waals surface area (Å²) in [5.74, 6) is -1.26. The number of nitrogens with one attached hydrogen (secondary N) is 1. The number of nitrogens with zero attached hydrogens (tertiary/aromatic N) is 2. The van der Waals surface area contributed by atoms with E-state index in [1.165, 1.54) is 36.1 Å². The lowest BCUT2D eigenvalue weighted by molar-refractivity contribution is -0.139. The second-order valence-corrected chi connectivity index (χ2v) is 11.7. The highest BCUT2D eigenvalue weighted by molar-refractivity contribution is 7.92. The monoisotopic (exact) mass is 609 g/mol. The summed E-state index contributed by atoms with van der Waals surface area (Å²) in [6.45, 7) is 4.67. The lowest BCUT2D eigenvalue weighted by Crippen LogP contribution is -2.51. The summed E-state index contributed by atoms with van der Waals surface area (Å²) in [5.41, 5.74) is -0.00755. The predicted molar refractivity (Wildman–Crippen MR) is 152 cm³/mol. The van der Waals surface area contributed by atoms with Gasteiger partial charge in [0.1, 0.15) is 12.6 Å². The minimum Gasteiger partial charge on any atom is -0.354 e. The van der Waals surface area contributed by atoms with E-state index in [2.05, 4.69) is 5.32 Å². The molecule has 220 valence electrons. The maximum absolute atomic E-state index is 13.9. The van der Waals surface area contributed by atoms with Crippen molar-refractivity contribution in [3.8, 4) is 0 Å². The highest BCUT2D eigenvalue weighted by Gasteiger charge is 2.36. The molecule has 0 aromatic heterocycles. The molecule has 3 aromatic rings.